The number of amidine groups is 1. The highest BCUT2D eigenvalue weighted by Gasteiger charge is 2.37. The van der Waals surface area contributed by atoms with Gasteiger partial charge in [0.2, 0.25) is 0 Å². The normalized spacial score (nSPS) is 22.4. The average molecular weight is 328 g/mol. The third-order valence-corrected chi connectivity index (χ3v) is 4.75. The largest absolute Gasteiger partial charge is 0.443 e. The van der Waals surface area contributed by atoms with Crippen molar-refractivity contribution >= 4 is 11.9 Å². The van der Waals surface area contributed by atoms with Gasteiger partial charge in [0.05, 0.1) is 12.6 Å². The third-order valence-electron chi connectivity index (χ3n) is 4.75. The van der Waals surface area contributed by atoms with Gasteiger partial charge in [0.1, 0.15) is 11.4 Å². The minimum absolute atomic E-state index is 0.202. The monoisotopic (exact) mass is 328 g/mol. The minimum Gasteiger partial charge on any atom is -0.443 e. The zero-order valence-electron chi connectivity index (χ0n) is 15.0. The summed E-state index contributed by atoms with van der Waals surface area (Å²) in [6.07, 6.45) is 6.04. The molecule has 4 nitrogen and oxygen atoms in total. The first-order chi connectivity index (χ1) is 11.4. The molecule has 1 fully saturated rings. The van der Waals surface area contributed by atoms with Gasteiger partial charge in [-0.15, -0.1) is 0 Å². The van der Waals surface area contributed by atoms with E-state index in [1.54, 1.807) is 4.90 Å². The molecule has 0 bridgehead atoms. The minimum atomic E-state index is -0.498. The maximum atomic E-state index is 12.7. The number of hydrogen-bond acceptors (Lipinski definition) is 3. The second-order valence-corrected chi connectivity index (χ2v) is 7.88. The van der Waals surface area contributed by atoms with Crippen LogP contribution in [0.1, 0.15) is 58.4 Å². The molecule has 0 spiro atoms. The number of nitrogens with zero attached hydrogens (tertiary/aromatic N) is 2. The van der Waals surface area contributed by atoms with Crippen LogP contribution in [0.5, 0.6) is 0 Å². The van der Waals surface area contributed by atoms with Gasteiger partial charge >= 0.3 is 6.09 Å². The molecule has 1 amide bonds. The van der Waals surface area contributed by atoms with Crippen LogP contribution in [0.4, 0.5) is 4.79 Å². The quantitative estimate of drug-likeness (QED) is 0.794. The Morgan fingerprint density at radius 1 is 1.12 bits per heavy atom. The SMILES string of the molecule is CC(C)(C)OC(=O)N1C[C@H](C2CCCCC2)N=C1c1ccccc1. The molecule has 0 saturated heterocycles. The molecule has 130 valence electrons. The molecule has 1 heterocycles. The summed E-state index contributed by atoms with van der Waals surface area (Å²) in [5.74, 6) is 1.35. The molecule has 2 aliphatic rings. The van der Waals surface area contributed by atoms with Gasteiger partial charge in [0.25, 0.3) is 0 Å². The second kappa shape index (κ2) is 6.96. The number of benzene rings is 1. The van der Waals surface area contributed by atoms with Gasteiger partial charge in [-0.3, -0.25) is 9.89 Å². The molecule has 24 heavy (non-hydrogen) atoms. The molecule has 0 aromatic heterocycles. The van der Waals surface area contributed by atoms with Crippen molar-refractivity contribution in [1.82, 2.24) is 4.90 Å². The highest BCUT2D eigenvalue weighted by Crippen LogP contribution is 2.32. The first kappa shape index (κ1) is 17.0. The summed E-state index contributed by atoms with van der Waals surface area (Å²) in [4.78, 5) is 19.4. The van der Waals surface area contributed by atoms with Gasteiger partial charge in [-0.2, -0.15) is 0 Å². The molecule has 1 aromatic carbocycles. The lowest BCUT2D eigenvalue weighted by Gasteiger charge is -2.27. The van der Waals surface area contributed by atoms with E-state index >= 15 is 0 Å². The van der Waals surface area contributed by atoms with Gasteiger partial charge in [0, 0.05) is 5.56 Å². The van der Waals surface area contributed by atoms with Crippen molar-refractivity contribution in [2.45, 2.75) is 64.5 Å². The van der Waals surface area contributed by atoms with Gasteiger partial charge in [-0.25, -0.2) is 4.79 Å². The first-order valence-corrected chi connectivity index (χ1v) is 9.08. The topological polar surface area (TPSA) is 41.9 Å². The van der Waals surface area contributed by atoms with Crippen LogP contribution in [0, 0.1) is 5.92 Å². The Morgan fingerprint density at radius 3 is 2.42 bits per heavy atom. The number of rotatable bonds is 2. The molecular weight excluding hydrogens is 300 g/mol. The lowest BCUT2D eigenvalue weighted by atomic mass is 9.84. The summed E-state index contributed by atoms with van der Waals surface area (Å²) in [7, 11) is 0. The zero-order chi connectivity index (χ0) is 17.2. The summed E-state index contributed by atoms with van der Waals surface area (Å²) in [5, 5.41) is 0. The second-order valence-electron chi connectivity index (χ2n) is 7.88. The summed E-state index contributed by atoms with van der Waals surface area (Å²) < 4.78 is 5.62. The van der Waals surface area contributed by atoms with Crippen LogP contribution in [0.25, 0.3) is 0 Å². The van der Waals surface area contributed by atoms with Crippen molar-refractivity contribution in [2.24, 2.45) is 10.9 Å². The van der Waals surface area contributed by atoms with E-state index in [0.717, 1.165) is 11.4 Å². The molecule has 1 aliphatic carbocycles. The number of hydrogen-bond donors (Lipinski definition) is 0. The zero-order valence-corrected chi connectivity index (χ0v) is 15.0. The number of aliphatic imine (C=N–C) groups is 1. The van der Waals surface area contributed by atoms with Crippen LogP contribution in [0.3, 0.4) is 0 Å². The molecule has 1 aliphatic heterocycles. The number of carbonyl (C=O) groups excluding carboxylic acids is 1. The van der Waals surface area contributed by atoms with Crippen molar-refractivity contribution < 1.29 is 9.53 Å². The van der Waals surface area contributed by atoms with Crippen molar-refractivity contribution in [3.63, 3.8) is 0 Å². The predicted molar refractivity (Wildman–Crippen MR) is 96.3 cm³/mol. The molecule has 1 saturated carbocycles. The maximum Gasteiger partial charge on any atom is 0.416 e. The summed E-state index contributed by atoms with van der Waals surface area (Å²) in [6.45, 7) is 6.35. The summed E-state index contributed by atoms with van der Waals surface area (Å²) in [5.41, 5.74) is 0.489. The fraction of sp³-hybridized carbons (Fsp3) is 0.600. The predicted octanol–water partition coefficient (Wildman–Crippen LogP) is 4.63. The van der Waals surface area contributed by atoms with E-state index in [-0.39, 0.29) is 12.1 Å². The van der Waals surface area contributed by atoms with E-state index < -0.39 is 5.60 Å². The van der Waals surface area contributed by atoms with Crippen LogP contribution in [-0.2, 0) is 4.74 Å². The van der Waals surface area contributed by atoms with E-state index in [4.69, 9.17) is 9.73 Å². The molecule has 1 aromatic rings. The average Bonchev–Trinajstić information content (AvgIpc) is 3.00. The highest BCUT2D eigenvalue weighted by molar-refractivity contribution is 6.07. The lowest BCUT2D eigenvalue weighted by molar-refractivity contribution is 0.0371. The maximum absolute atomic E-state index is 12.7. The van der Waals surface area contributed by atoms with Crippen LogP contribution in [-0.4, -0.2) is 35.0 Å². The Kier molecular flexibility index (Phi) is 4.93. The molecule has 0 N–H and O–H groups in total. The Bertz CT molecular complexity index is 598. The third kappa shape index (κ3) is 3.97. The van der Waals surface area contributed by atoms with E-state index in [9.17, 15) is 4.79 Å². The Balaban J connectivity index is 1.84. The van der Waals surface area contributed by atoms with E-state index in [1.807, 2.05) is 51.1 Å². The molecular formula is C20H28N2O2. The standard InChI is InChI=1S/C20H28N2O2/c1-20(2,3)24-19(23)22-14-17(15-10-6-4-7-11-15)21-18(22)16-12-8-5-9-13-16/h5,8-9,12-13,15,17H,4,6-7,10-11,14H2,1-3H3/t17-/m1/s1. The fourth-order valence-corrected chi connectivity index (χ4v) is 3.61. The van der Waals surface area contributed by atoms with Gasteiger partial charge in [-0.1, -0.05) is 49.6 Å². The van der Waals surface area contributed by atoms with Crippen molar-refractivity contribution in [3.8, 4) is 0 Å². The van der Waals surface area contributed by atoms with E-state index in [0.29, 0.717) is 12.5 Å². The smallest absolute Gasteiger partial charge is 0.416 e. The highest BCUT2D eigenvalue weighted by atomic mass is 16.6. The van der Waals surface area contributed by atoms with E-state index in [1.165, 1.54) is 32.1 Å². The Hall–Kier alpha value is -1.84. The molecule has 4 heteroatoms. The fourth-order valence-electron chi connectivity index (χ4n) is 3.61. The molecule has 0 radical (unpaired) electrons. The molecule has 1 atom stereocenters. The summed E-state index contributed by atoms with van der Waals surface area (Å²) >= 11 is 0. The van der Waals surface area contributed by atoms with Gasteiger partial charge in [-0.05, 0) is 39.5 Å². The Labute approximate surface area is 144 Å². The van der Waals surface area contributed by atoms with Crippen molar-refractivity contribution in [1.29, 1.82) is 0 Å². The van der Waals surface area contributed by atoms with Crippen LogP contribution in [0.2, 0.25) is 0 Å². The molecule has 0 unspecified atom stereocenters. The van der Waals surface area contributed by atoms with Crippen LogP contribution >= 0.6 is 0 Å². The lowest BCUT2D eigenvalue weighted by Crippen LogP contribution is -2.41. The number of carbonyl (C=O) groups is 1. The molecule has 3 rings (SSSR count). The van der Waals surface area contributed by atoms with Crippen LogP contribution in [0.15, 0.2) is 35.3 Å². The summed E-state index contributed by atoms with van der Waals surface area (Å²) in [6, 6.07) is 10.2. The van der Waals surface area contributed by atoms with Gasteiger partial charge < -0.3 is 4.74 Å². The van der Waals surface area contributed by atoms with Gasteiger partial charge in [0.15, 0.2) is 0 Å². The number of ether oxygens (including phenoxy) is 1. The van der Waals surface area contributed by atoms with Crippen molar-refractivity contribution in [2.75, 3.05) is 6.54 Å². The number of amides is 1. The van der Waals surface area contributed by atoms with E-state index in [2.05, 4.69) is 0 Å². The Morgan fingerprint density at radius 2 is 1.79 bits per heavy atom. The first-order valence-electron chi connectivity index (χ1n) is 9.08. The van der Waals surface area contributed by atoms with Crippen molar-refractivity contribution in [3.05, 3.63) is 35.9 Å². The van der Waals surface area contributed by atoms with Crippen LogP contribution < -0.4 is 0 Å².